The summed E-state index contributed by atoms with van der Waals surface area (Å²) in [5.74, 6) is 1.22. The Kier molecular flexibility index (Phi) is 4.11. The fourth-order valence-corrected chi connectivity index (χ4v) is 3.94. The first-order valence-electron chi connectivity index (χ1n) is 8.89. The molecule has 0 unspecified atom stereocenters. The number of thiazole rings is 1. The van der Waals surface area contributed by atoms with E-state index in [1.807, 2.05) is 6.92 Å². The van der Waals surface area contributed by atoms with Crippen LogP contribution < -0.4 is 10.1 Å². The lowest BCUT2D eigenvalue weighted by Gasteiger charge is -1.98. The zero-order valence-corrected chi connectivity index (χ0v) is 16.3. The average Bonchev–Trinajstić information content (AvgIpc) is 3.50. The molecule has 0 aliphatic carbocycles. The van der Waals surface area contributed by atoms with Gasteiger partial charge < -0.3 is 13.9 Å². The minimum absolute atomic E-state index is 0.201. The minimum atomic E-state index is -0.986. The molecular weight excluding hydrogens is 406 g/mol. The van der Waals surface area contributed by atoms with Crippen LogP contribution in [0.5, 0.6) is 0 Å². The largest absolute Gasteiger partial charge is 0.478 e. The van der Waals surface area contributed by atoms with Gasteiger partial charge in [-0.2, -0.15) is 9.50 Å². The number of nitrogens with zero attached hydrogens (tertiary/aromatic N) is 3. The molecule has 4 heterocycles. The van der Waals surface area contributed by atoms with E-state index in [1.54, 1.807) is 42.7 Å². The highest BCUT2D eigenvalue weighted by molar-refractivity contribution is 7.15. The van der Waals surface area contributed by atoms with Gasteiger partial charge in [-0.25, -0.2) is 4.79 Å². The van der Waals surface area contributed by atoms with Crippen LogP contribution in [-0.4, -0.2) is 25.7 Å². The molecule has 0 atom stereocenters. The molecule has 1 N–H and O–H groups in total. The van der Waals surface area contributed by atoms with Gasteiger partial charge in [0.25, 0.3) is 5.56 Å². The maximum absolute atomic E-state index is 12.7. The number of furan rings is 2. The highest BCUT2D eigenvalue weighted by Crippen LogP contribution is 2.24. The second-order valence-electron chi connectivity index (χ2n) is 6.52. The van der Waals surface area contributed by atoms with Crippen molar-refractivity contribution in [2.75, 3.05) is 0 Å². The molecule has 0 bridgehead atoms. The van der Waals surface area contributed by atoms with Crippen molar-refractivity contribution in [1.82, 2.24) is 14.6 Å². The van der Waals surface area contributed by atoms with Gasteiger partial charge in [-0.05, 0) is 37.3 Å². The summed E-state index contributed by atoms with van der Waals surface area (Å²) >= 11 is 1.22. The first-order valence-corrected chi connectivity index (χ1v) is 9.70. The molecular formula is C21H13N3O5S. The monoisotopic (exact) mass is 419 g/mol. The van der Waals surface area contributed by atoms with Crippen LogP contribution in [-0.2, 0) is 0 Å². The van der Waals surface area contributed by atoms with E-state index >= 15 is 0 Å². The van der Waals surface area contributed by atoms with E-state index in [0.717, 1.165) is 11.1 Å². The maximum Gasteiger partial charge on any atom is 0.335 e. The Bertz CT molecular complexity index is 1500. The molecule has 8 nitrogen and oxygen atoms in total. The molecule has 30 heavy (non-hydrogen) atoms. The van der Waals surface area contributed by atoms with Crippen molar-refractivity contribution in [1.29, 1.82) is 0 Å². The Morgan fingerprint density at radius 1 is 1.17 bits per heavy atom. The van der Waals surface area contributed by atoms with E-state index in [2.05, 4.69) is 10.1 Å². The maximum atomic E-state index is 12.7. The minimum Gasteiger partial charge on any atom is -0.478 e. The van der Waals surface area contributed by atoms with Crippen molar-refractivity contribution in [3.8, 4) is 22.7 Å². The molecule has 0 radical (unpaired) electrons. The molecule has 0 fully saturated rings. The fraction of sp³-hybridized carbons (Fsp3) is 0.0476. The van der Waals surface area contributed by atoms with Gasteiger partial charge in [-0.1, -0.05) is 23.5 Å². The van der Waals surface area contributed by atoms with Crippen LogP contribution in [0.1, 0.15) is 21.9 Å². The van der Waals surface area contributed by atoms with Crippen molar-refractivity contribution in [2.24, 2.45) is 0 Å². The van der Waals surface area contributed by atoms with Gasteiger partial charge in [0, 0.05) is 11.6 Å². The van der Waals surface area contributed by atoms with E-state index in [1.165, 1.54) is 28.0 Å². The summed E-state index contributed by atoms with van der Waals surface area (Å²) in [6.45, 7) is 1.81. The van der Waals surface area contributed by atoms with Gasteiger partial charge >= 0.3 is 5.97 Å². The number of carbonyl (C=O) groups is 1. The van der Waals surface area contributed by atoms with Crippen LogP contribution in [0.15, 0.2) is 62.4 Å². The number of aromatic carboxylic acids is 1. The van der Waals surface area contributed by atoms with Crippen molar-refractivity contribution in [2.45, 2.75) is 6.92 Å². The third-order valence-electron chi connectivity index (χ3n) is 4.60. The van der Waals surface area contributed by atoms with E-state index in [4.69, 9.17) is 13.9 Å². The highest BCUT2D eigenvalue weighted by atomic mass is 32.1. The summed E-state index contributed by atoms with van der Waals surface area (Å²) in [7, 11) is 0. The van der Waals surface area contributed by atoms with Crippen LogP contribution in [0, 0.1) is 6.92 Å². The standard InChI is InChI=1S/C21H13N3O5S/c1-11-15(8-9-28-11)18-22-21-24(23-18)19(25)17(30-21)10-14-6-7-16(29-14)12-2-4-13(5-3-12)20(26)27/h2-10H,1H3,(H,26,27)/b17-10-. The Labute approximate surface area is 172 Å². The lowest BCUT2D eigenvalue weighted by atomic mass is 10.1. The summed E-state index contributed by atoms with van der Waals surface area (Å²) in [4.78, 5) is 28.6. The molecule has 148 valence electrons. The predicted molar refractivity (Wildman–Crippen MR) is 109 cm³/mol. The third-order valence-corrected chi connectivity index (χ3v) is 5.56. The first-order chi connectivity index (χ1) is 14.5. The van der Waals surface area contributed by atoms with E-state index < -0.39 is 5.97 Å². The summed E-state index contributed by atoms with van der Waals surface area (Å²) in [6, 6.07) is 11.6. The number of aromatic nitrogens is 3. The van der Waals surface area contributed by atoms with Gasteiger partial charge in [-0.3, -0.25) is 4.79 Å². The molecule has 4 aromatic heterocycles. The quantitative estimate of drug-likeness (QED) is 0.476. The van der Waals surface area contributed by atoms with Crippen LogP contribution in [0.25, 0.3) is 33.7 Å². The molecule has 0 saturated carbocycles. The lowest BCUT2D eigenvalue weighted by Crippen LogP contribution is -2.23. The molecule has 0 amide bonds. The molecule has 5 aromatic rings. The second kappa shape index (κ2) is 6.82. The van der Waals surface area contributed by atoms with Gasteiger partial charge in [0.15, 0.2) is 5.82 Å². The normalized spacial score (nSPS) is 12.1. The Hall–Kier alpha value is -3.98. The SMILES string of the molecule is Cc1occc1-c1nc2s/c(=C\c3ccc(-c4ccc(C(=O)O)cc4)o3)c(=O)n2n1. The molecule has 0 saturated heterocycles. The van der Waals surface area contributed by atoms with Crippen LogP contribution in [0.2, 0.25) is 0 Å². The molecule has 0 spiro atoms. The van der Waals surface area contributed by atoms with Crippen molar-refractivity contribution in [3.05, 3.63) is 80.7 Å². The Morgan fingerprint density at radius 2 is 1.97 bits per heavy atom. The van der Waals surface area contributed by atoms with Crippen molar-refractivity contribution < 1.29 is 18.7 Å². The number of hydrogen-bond donors (Lipinski definition) is 1. The molecule has 9 heteroatoms. The summed E-state index contributed by atoms with van der Waals surface area (Å²) in [5, 5.41) is 13.3. The third kappa shape index (κ3) is 3.01. The first kappa shape index (κ1) is 18.1. The second-order valence-corrected chi connectivity index (χ2v) is 7.53. The number of fused-ring (bicyclic) bond motifs is 1. The smallest absolute Gasteiger partial charge is 0.335 e. The van der Waals surface area contributed by atoms with Crippen molar-refractivity contribution in [3.63, 3.8) is 0 Å². The van der Waals surface area contributed by atoms with Crippen LogP contribution >= 0.6 is 11.3 Å². The number of carboxylic acid groups (broad SMARTS) is 1. The van der Waals surface area contributed by atoms with Crippen LogP contribution in [0.3, 0.4) is 0 Å². The lowest BCUT2D eigenvalue weighted by molar-refractivity contribution is 0.0697. The number of aryl methyl sites for hydroxylation is 1. The van der Waals surface area contributed by atoms with Crippen molar-refractivity contribution >= 4 is 28.3 Å². The van der Waals surface area contributed by atoms with Crippen LogP contribution in [0.4, 0.5) is 0 Å². The Balaban J connectivity index is 1.49. The van der Waals surface area contributed by atoms with Gasteiger partial charge in [0.05, 0.1) is 17.4 Å². The summed E-state index contributed by atoms with van der Waals surface area (Å²) in [6.07, 6.45) is 3.20. The van der Waals surface area contributed by atoms with E-state index in [9.17, 15) is 9.59 Å². The molecule has 5 rings (SSSR count). The molecule has 0 aliphatic rings. The summed E-state index contributed by atoms with van der Waals surface area (Å²) in [5.41, 5.74) is 1.41. The van der Waals surface area contributed by atoms with Gasteiger partial charge in [-0.15, -0.1) is 5.10 Å². The fourth-order valence-electron chi connectivity index (χ4n) is 3.06. The zero-order chi connectivity index (χ0) is 20.8. The van der Waals surface area contributed by atoms with Gasteiger partial charge in [0.2, 0.25) is 4.96 Å². The zero-order valence-electron chi connectivity index (χ0n) is 15.5. The number of hydrogen-bond acceptors (Lipinski definition) is 7. The van der Waals surface area contributed by atoms with E-state index in [-0.39, 0.29) is 11.1 Å². The number of benzene rings is 1. The topological polar surface area (TPSA) is 111 Å². The molecule has 0 aliphatic heterocycles. The molecule has 1 aromatic carbocycles. The number of carboxylic acids is 1. The van der Waals surface area contributed by atoms with Gasteiger partial charge in [0.1, 0.15) is 21.8 Å². The number of rotatable bonds is 4. The van der Waals surface area contributed by atoms with E-state index in [0.29, 0.717) is 32.6 Å². The highest BCUT2D eigenvalue weighted by Gasteiger charge is 2.15. The summed E-state index contributed by atoms with van der Waals surface area (Å²) < 4.78 is 12.8. The average molecular weight is 419 g/mol. The Morgan fingerprint density at radius 3 is 2.63 bits per heavy atom. The predicted octanol–water partition coefficient (Wildman–Crippen LogP) is 3.23.